The van der Waals surface area contributed by atoms with Crippen molar-refractivity contribution in [1.82, 2.24) is 9.88 Å². The van der Waals surface area contributed by atoms with Gasteiger partial charge in [0.25, 0.3) is 0 Å². The molecule has 0 saturated carbocycles. The van der Waals surface area contributed by atoms with Crippen molar-refractivity contribution in [2.45, 2.75) is 19.8 Å². The highest BCUT2D eigenvalue weighted by atomic mass is 32.1. The molecule has 6 heteroatoms. The van der Waals surface area contributed by atoms with Gasteiger partial charge in [-0.25, -0.2) is 9.37 Å². The van der Waals surface area contributed by atoms with Crippen molar-refractivity contribution in [3.63, 3.8) is 0 Å². The molecule has 1 amide bonds. The number of benzene rings is 1. The fourth-order valence-electron chi connectivity index (χ4n) is 3.48. The van der Waals surface area contributed by atoms with E-state index in [2.05, 4.69) is 16.8 Å². The second kappa shape index (κ2) is 5.74. The molecule has 1 unspecified atom stereocenters. The van der Waals surface area contributed by atoms with Crippen LogP contribution in [0.2, 0.25) is 0 Å². The third-order valence-electron chi connectivity index (χ3n) is 4.83. The maximum absolute atomic E-state index is 13.7. The van der Waals surface area contributed by atoms with Gasteiger partial charge in [-0.15, -0.1) is 0 Å². The van der Waals surface area contributed by atoms with E-state index in [1.807, 2.05) is 11.0 Å². The topological polar surface area (TPSA) is 36.4 Å². The minimum Gasteiger partial charge on any atom is -0.346 e. The Morgan fingerprint density at radius 1 is 1.35 bits per heavy atom. The van der Waals surface area contributed by atoms with E-state index in [4.69, 9.17) is 0 Å². The molecule has 1 aromatic carbocycles. The van der Waals surface area contributed by atoms with E-state index in [1.54, 1.807) is 6.07 Å². The smallest absolute Gasteiger partial charge is 0.229 e. The molecule has 0 radical (unpaired) electrons. The molecule has 0 aliphatic carbocycles. The Kier molecular flexibility index (Phi) is 3.71. The van der Waals surface area contributed by atoms with Gasteiger partial charge in [0.2, 0.25) is 5.91 Å². The molecule has 0 spiro atoms. The number of anilines is 1. The first-order valence-electron chi connectivity index (χ1n) is 8.20. The van der Waals surface area contributed by atoms with Crippen LogP contribution in [0.5, 0.6) is 0 Å². The Labute approximate surface area is 138 Å². The summed E-state index contributed by atoms with van der Waals surface area (Å²) >= 11 is 1.50. The summed E-state index contributed by atoms with van der Waals surface area (Å²) < 4.78 is 14.6. The second-order valence-electron chi connectivity index (χ2n) is 6.72. The zero-order valence-corrected chi connectivity index (χ0v) is 14.0. The molecule has 1 aromatic heterocycles. The average Bonchev–Trinajstić information content (AvgIpc) is 2.90. The third kappa shape index (κ3) is 2.69. The Hall–Kier alpha value is -1.69. The molecule has 3 heterocycles. The van der Waals surface area contributed by atoms with E-state index >= 15 is 0 Å². The Morgan fingerprint density at radius 2 is 2.17 bits per heavy atom. The summed E-state index contributed by atoms with van der Waals surface area (Å²) in [5.74, 6) is 0.675. The lowest BCUT2D eigenvalue weighted by molar-refractivity contribution is -0.138. The van der Waals surface area contributed by atoms with E-state index in [0.29, 0.717) is 24.5 Å². The van der Waals surface area contributed by atoms with Gasteiger partial charge in [-0.3, -0.25) is 4.79 Å². The molecule has 122 valence electrons. The van der Waals surface area contributed by atoms with E-state index in [0.717, 1.165) is 29.3 Å². The summed E-state index contributed by atoms with van der Waals surface area (Å²) in [6, 6.07) is 5.03. The molecule has 23 heavy (non-hydrogen) atoms. The largest absolute Gasteiger partial charge is 0.346 e. The van der Waals surface area contributed by atoms with Gasteiger partial charge in [0, 0.05) is 26.2 Å². The predicted molar refractivity (Wildman–Crippen MR) is 90.3 cm³/mol. The number of fused-ring (bicyclic) bond motifs is 1. The maximum atomic E-state index is 13.7. The van der Waals surface area contributed by atoms with Crippen LogP contribution in [0, 0.1) is 17.7 Å². The molecular weight excluding hydrogens is 313 g/mol. The van der Waals surface area contributed by atoms with Gasteiger partial charge in [0.15, 0.2) is 5.13 Å². The normalized spacial score (nSPS) is 22.4. The number of halogens is 1. The number of hydrogen-bond acceptors (Lipinski definition) is 4. The number of thiazole rings is 1. The highest BCUT2D eigenvalue weighted by molar-refractivity contribution is 7.22. The summed E-state index contributed by atoms with van der Waals surface area (Å²) in [7, 11) is 0. The first-order valence-corrected chi connectivity index (χ1v) is 9.02. The van der Waals surface area contributed by atoms with E-state index in [9.17, 15) is 9.18 Å². The van der Waals surface area contributed by atoms with Crippen LogP contribution in [0.3, 0.4) is 0 Å². The first-order chi connectivity index (χ1) is 11.1. The monoisotopic (exact) mass is 333 g/mol. The molecule has 4 rings (SSSR count). The first kappa shape index (κ1) is 14.9. The van der Waals surface area contributed by atoms with E-state index in [-0.39, 0.29) is 17.6 Å². The van der Waals surface area contributed by atoms with Crippen LogP contribution in [-0.2, 0) is 4.79 Å². The number of piperidine rings is 1. The third-order valence-corrected chi connectivity index (χ3v) is 5.91. The summed E-state index contributed by atoms with van der Waals surface area (Å²) in [6.07, 6.45) is 2.33. The number of carbonyl (C=O) groups is 1. The standard InChI is InChI=1S/C17H20FN3OS/c1-11-4-3-7-20(8-11)16(22)12-9-21(10-12)17-19-15-13(18)5-2-6-14(15)23-17/h2,5-6,11-12H,3-4,7-10H2,1H3. The maximum Gasteiger partial charge on any atom is 0.229 e. The summed E-state index contributed by atoms with van der Waals surface area (Å²) in [6.45, 7) is 5.40. The quantitative estimate of drug-likeness (QED) is 0.847. The Balaban J connectivity index is 1.42. The molecule has 0 bridgehead atoms. The number of rotatable bonds is 2. The molecule has 4 nitrogen and oxygen atoms in total. The summed E-state index contributed by atoms with van der Waals surface area (Å²) in [4.78, 5) is 21.1. The van der Waals surface area contributed by atoms with Crippen LogP contribution in [-0.4, -0.2) is 42.0 Å². The number of nitrogens with zero attached hydrogens (tertiary/aromatic N) is 3. The number of aromatic nitrogens is 1. The molecule has 1 atom stereocenters. The lowest BCUT2D eigenvalue weighted by atomic mass is 9.95. The fraction of sp³-hybridized carbons (Fsp3) is 0.529. The van der Waals surface area contributed by atoms with E-state index in [1.165, 1.54) is 23.8 Å². The zero-order valence-electron chi connectivity index (χ0n) is 13.2. The number of hydrogen-bond donors (Lipinski definition) is 0. The number of carbonyl (C=O) groups excluding carboxylic acids is 1. The molecule has 2 aromatic rings. The van der Waals surface area contributed by atoms with Crippen LogP contribution >= 0.6 is 11.3 Å². The van der Waals surface area contributed by atoms with Crippen molar-refractivity contribution in [2.75, 3.05) is 31.1 Å². The van der Waals surface area contributed by atoms with Gasteiger partial charge in [-0.1, -0.05) is 24.3 Å². The number of amides is 1. The minimum absolute atomic E-state index is 0.0668. The molecule has 2 saturated heterocycles. The Bertz CT molecular complexity index is 741. The average molecular weight is 333 g/mol. The fourth-order valence-corrected chi connectivity index (χ4v) is 4.48. The van der Waals surface area contributed by atoms with Crippen LogP contribution in [0.1, 0.15) is 19.8 Å². The predicted octanol–water partition coefficient (Wildman–Crippen LogP) is 3.13. The van der Waals surface area contributed by atoms with Crippen molar-refractivity contribution in [1.29, 1.82) is 0 Å². The SMILES string of the molecule is CC1CCCN(C(=O)C2CN(c3nc4c(F)cccc4s3)C2)C1. The minimum atomic E-state index is -0.277. The molecule has 2 fully saturated rings. The van der Waals surface area contributed by atoms with Crippen molar-refractivity contribution in [2.24, 2.45) is 11.8 Å². The van der Waals surface area contributed by atoms with Gasteiger partial charge in [-0.2, -0.15) is 0 Å². The highest BCUT2D eigenvalue weighted by Crippen LogP contribution is 2.34. The van der Waals surface area contributed by atoms with Crippen molar-refractivity contribution in [3.05, 3.63) is 24.0 Å². The van der Waals surface area contributed by atoms with Crippen LogP contribution in [0.25, 0.3) is 10.2 Å². The summed E-state index contributed by atoms with van der Waals surface area (Å²) in [5.41, 5.74) is 0.437. The molecule has 0 N–H and O–H groups in total. The highest BCUT2D eigenvalue weighted by Gasteiger charge is 2.37. The molecule has 2 aliphatic heterocycles. The van der Waals surface area contributed by atoms with Gasteiger partial charge < -0.3 is 9.80 Å². The van der Waals surface area contributed by atoms with Crippen LogP contribution in [0.4, 0.5) is 9.52 Å². The zero-order chi connectivity index (χ0) is 16.0. The van der Waals surface area contributed by atoms with Gasteiger partial charge >= 0.3 is 0 Å². The number of likely N-dealkylation sites (tertiary alicyclic amines) is 1. The number of para-hydroxylation sites is 1. The van der Waals surface area contributed by atoms with E-state index < -0.39 is 0 Å². The lowest BCUT2D eigenvalue weighted by Gasteiger charge is -2.42. The van der Waals surface area contributed by atoms with Gasteiger partial charge in [0.05, 0.1) is 10.6 Å². The lowest BCUT2D eigenvalue weighted by Crippen LogP contribution is -2.56. The van der Waals surface area contributed by atoms with Crippen molar-refractivity contribution in [3.8, 4) is 0 Å². The Morgan fingerprint density at radius 3 is 2.91 bits per heavy atom. The molecular formula is C17H20FN3OS. The van der Waals surface area contributed by atoms with Crippen molar-refractivity contribution < 1.29 is 9.18 Å². The molecule has 2 aliphatic rings. The van der Waals surface area contributed by atoms with Crippen LogP contribution < -0.4 is 4.90 Å². The van der Waals surface area contributed by atoms with Gasteiger partial charge in [0.1, 0.15) is 11.3 Å². The van der Waals surface area contributed by atoms with Crippen LogP contribution in [0.15, 0.2) is 18.2 Å². The second-order valence-corrected chi connectivity index (χ2v) is 7.73. The van der Waals surface area contributed by atoms with Gasteiger partial charge in [-0.05, 0) is 30.9 Å². The van der Waals surface area contributed by atoms with Crippen molar-refractivity contribution >= 4 is 32.6 Å². The summed E-state index contributed by atoms with van der Waals surface area (Å²) in [5, 5.41) is 0.821.